The highest BCUT2D eigenvalue weighted by Crippen LogP contribution is 2.30. The summed E-state index contributed by atoms with van der Waals surface area (Å²) in [6, 6.07) is 8.78. The molecule has 20 heavy (non-hydrogen) atoms. The van der Waals surface area contributed by atoms with Crippen LogP contribution in [0.3, 0.4) is 0 Å². The maximum absolute atomic E-state index is 6.18. The van der Waals surface area contributed by atoms with Crippen LogP contribution in [0.1, 0.15) is 50.7 Å². The molecular weight excluding hydrogens is 316 g/mol. The van der Waals surface area contributed by atoms with E-state index >= 15 is 0 Å². The summed E-state index contributed by atoms with van der Waals surface area (Å²) in [5, 5.41) is 0.785. The van der Waals surface area contributed by atoms with Crippen molar-refractivity contribution in [3.05, 3.63) is 35.4 Å². The molecule has 0 N–H and O–H groups in total. The van der Waals surface area contributed by atoms with Crippen LogP contribution in [0.2, 0.25) is 0 Å². The summed E-state index contributed by atoms with van der Waals surface area (Å²) >= 11 is 3.60. The summed E-state index contributed by atoms with van der Waals surface area (Å²) in [6.07, 6.45) is 2.54. The first kappa shape index (κ1) is 16.0. The van der Waals surface area contributed by atoms with Gasteiger partial charge in [-0.3, -0.25) is 0 Å². The van der Waals surface area contributed by atoms with E-state index in [2.05, 4.69) is 61.0 Å². The van der Waals surface area contributed by atoms with Crippen LogP contribution in [0.4, 0.5) is 0 Å². The van der Waals surface area contributed by atoms with E-state index in [4.69, 9.17) is 9.47 Å². The molecule has 0 amide bonds. The average molecular weight is 341 g/mol. The molecule has 1 aromatic rings. The molecule has 0 bridgehead atoms. The van der Waals surface area contributed by atoms with E-state index in [1.54, 1.807) is 0 Å². The van der Waals surface area contributed by atoms with Crippen LogP contribution in [-0.2, 0) is 15.1 Å². The Hall–Kier alpha value is -0.380. The number of halogens is 1. The molecule has 2 nitrogen and oxygen atoms in total. The van der Waals surface area contributed by atoms with Gasteiger partial charge in [0.05, 0.1) is 12.7 Å². The van der Waals surface area contributed by atoms with Gasteiger partial charge < -0.3 is 9.47 Å². The molecule has 0 spiro atoms. The van der Waals surface area contributed by atoms with Gasteiger partial charge in [0.1, 0.15) is 5.60 Å². The molecule has 1 aromatic carbocycles. The summed E-state index contributed by atoms with van der Waals surface area (Å²) in [5.74, 6) is 0.562. The van der Waals surface area contributed by atoms with Gasteiger partial charge in [0, 0.05) is 11.9 Å². The summed E-state index contributed by atoms with van der Waals surface area (Å²) in [5.41, 5.74) is 2.29. The molecule has 2 atom stereocenters. The maximum atomic E-state index is 6.18. The second kappa shape index (κ2) is 7.06. The Kier molecular flexibility index (Phi) is 5.65. The molecule has 0 radical (unpaired) electrons. The summed E-state index contributed by atoms with van der Waals surface area (Å²) in [4.78, 5) is 0. The molecular formula is C17H25BrO2. The number of alkyl halides is 1. The zero-order valence-electron chi connectivity index (χ0n) is 12.7. The van der Waals surface area contributed by atoms with E-state index in [1.807, 2.05) is 0 Å². The minimum atomic E-state index is -0.290. The predicted molar refractivity (Wildman–Crippen MR) is 86.6 cm³/mol. The van der Waals surface area contributed by atoms with E-state index in [0.717, 1.165) is 24.8 Å². The lowest BCUT2D eigenvalue weighted by Gasteiger charge is -2.30. The fourth-order valence-electron chi connectivity index (χ4n) is 2.47. The van der Waals surface area contributed by atoms with Gasteiger partial charge in [-0.05, 0) is 36.8 Å². The Morgan fingerprint density at radius 2 is 2.05 bits per heavy atom. The normalized spacial score (nSPS) is 22.1. The van der Waals surface area contributed by atoms with Gasteiger partial charge in [0.2, 0.25) is 0 Å². The molecule has 2 rings (SSSR count). The van der Waals surface area contributed by atoms with Crippen LogP contribution in [-0.4, -0.2) is 24.6 Å². The second-order valence-corrected chi connectivity index (χ2v) is 6.65. The van der Waals surface area contributed by atoms with Crippen LogP contribution in [0.15, 0.2) is 24.3 Å². The van der Waals surface area contributed by atoms with Crippen molar-refractivity contribution in [2.45, 2.75) is 51.2 Å². The smallest absolute Gasteiger partial charge is 0.100 e. The summed E-state index contributed by atoms with van der Waals surface area (Å²) in [6.45, 7) is 8.12. The van der Waals surface area contributed by atoms with Crippen LogP contribution in [0.25, 0.3) is 0 Å². The molecule has 2 unspecified atom stereocenters. The third-order valence-corrected chi connectivity index (χ3v) is 5.12. The highest BCUT2D eigenvalue weighted by atomic mass is 79.9. The first-order valence-corrected chi connectivity index (χ1v) is 8.59. The summed E-state index contributed by atoms with van der Waals surface area (Å²) < 4.78 is 11.8. The largest absolute Gasteiger partial charge is 0.376 e. The quantitative estimate of drug-likeness (QED) is 0.703. The fraction of sp³-hybridized carbons (Fsp3) is 0.647. The van der Waals surface area contributed by atoms with Gasteiger partial charge in [-0.1, -0.05) is 54.0 Å². The molecule has 0 aromatic heterocycles. The molecule has 1 aliphatic heterocycles. The Morgan fingerprint density at radius 3 is 2.55 bits per heavy atom. The van der Waals surface area contributed by atoms with Gasteiger partial charge in [-0.15, -0.1) is 0 Å². The Balaban J connectivity index is 2.04. The van der Waals surface area contributed by atoms with E-state index < -0.39 is 0 Å². The molecule has 3 heteroatoms. The Labute approximate surface area is 131 Å². The monoisotopic (exact) mass is 340 g/mol. The maximum Gasteiger partial charge on any atom is 0.100 e. The SMILES string of the molecule is CC(C)c1ccc(C(C)(CBr)OCC2CCCO2)cc1. The van der Waals surface area contributed by atoms with Gasteiger partial charge in [0.15, 0.2) is 0 Å². The van der Waals surface area contributed by atoms with Crippen molar-refractivity contribution in [3.8, 4) is 0 Å². The van der Waals surface area contributed by atoms with Crippen LogP contribution in [0.5, 0.6) is 0 Å². The van der Waals surface area contributed by atoms with Crippen molar-refractivity contribution in [3.63, 3.8) is 0 Å². The van der Waals surface area contributed by atoms with Crippen LogP contribution < -0.4 is 0 Å². The Bertz CT molecular complexity index is 410. The van der Waals surface area contributed by atoms with Gasteiger partial charge >= 0.3 is 0 Å². The van der Waals surface area contributed by atoms with Crippen molar-refractivity contribution in [1.29, 1.82) is 0 Å². The minimum Gasteiger partial charge on any atom is -0.376 e. The molecule has 1 aliphatic rings. The van der Waals surface area contributed by atoms with Crippen LogP contribution in [0, 0.1) is 0 Å². The standard InChI is InChI=1S/C17H25BrO2/c1-13(2)14-6-8-15(9-7-14)17(3,12-18)20-11-16-5-4-10-19-16/h6-9,13,16H,4-5,10-12H2,1-3H3. The fourth-order valence-corrected chi connectivity index (χ4v) is 2.96. The highest BCUT2D eigenvalue weighted by molar-refractivity contribution is 9.09. The van der Waals surface area contributed by atoms with Crippen molar-refractivity contribution in [2.75, 3.05) is 18.5 Å². The van der Waals surface area contributed by atoms with Crippen LogP contribution >= 0.6 is 15.9 Å². The first-order chi connectivity index (χ1) is 9.55. The molecule has 112 valence electrons. The van der Waals surface area contributed by atoms with Crippen molar-refractivity contribution in [2.24, 2.45) is 0 Å². The predicted octanol–water partition coefficient (Wildman–Crippen LogP) is 4.62. The number of hydrogen-bond donors (Lipinski definition) is 0. The molecule has 1 fully saturated rings. The lowest BCUT2D eigenvalue weighted by molar-refractivity contribution is -0.0652. The minimum absolute atomic E-state index is 0.267. The zero-order valence-corrected chi connectivity index (χ0v) is 14.3. The van der Waals surface area contributed by atoms with E-state index in [9.17, 15) is 0 Å². The lowest BCUT2D eigenvalue weighted by Crippen LogP contribution is -2.31. The van der Waals surface area contributed by atoms with Gasteiger partial charge in [-0.25, -0.2) is 0 Å². The number of benzene rings is 1. The summed E-state index contributed by atoms with van der Waals surface area (Å²) in [7, 11) is 0. The first-order valence-electron chi connectivity index (χ1n) is 7.47. The average Bonchev–Trinajstić information content (AvgIpc) is 2.98. The van der Waals surface area contributed by atoms with E-state index in [1.165, 1.54) is 11.1 Å². The lowest BCUT2D eigenvalue weighted by atomic mass is 9.94. The van der Waals surface area contributed by atoms with Crippen molar-refractivity contribution in [1.82, 2.24) is 0 Å². The van der Waals surface area contributed by atoms with E-state index in [0.29, 0.717) is 12.5 Å². The second-order valence-electron chi connectivity index (χ2n) is 6.09. The van der Waals surface area contributed by atoms with E-state index in [-0.39, 0.29) is 11.7 Å². The van der Waals surface area contributed by atoms with Crippen molar-refractivity contribution >= 4 is 15.9 Å². The number of rotatable bonds is 6. The molecule has 1 saturated heterocycles. The Morgan fingerprint density at radius 1 is 1.35 bits per heavy atom. The number of hydrogen-bond acceptors (Lipinski definition) is 2. The topological polar surface area (TPSA) is 18.5 Å². The van der Waals surface area contributed by atoms with Gasteiger partial charge in [0.25, 0.3) is 0 Å². The van der Waals surface area contributed by atoms with Gasteiger partial charge in [-0.2, -0.15) is 0 Å². The zero-order chi connectivity index (χ0) is 14.6. The molecule has 0 saturated carbocycles. The molecule has 1 heterocycles. The third-order valence-electron chi connectivity index (χ3n) is 4.05. The highest BCUT2D eigenvalue weighted by Gasteiger charge is 2.28. The third kappa shape index (κ3) is 3.84. The van der Waals surface area contributed by atoms with Crippen molar-refractivity contribution < 1.29 is 9.47 Å². The number of ether oxygens (including phenoxy) is 2. The molecule has 0 aliphatic carbocycles.